The standard InChI is InChI=1S/C18H19ClN2O3/c1-12-9-15(19)7-8-17(12)24-11-18(22)21-20-13(2)14-5-4-6-16(10-14)23-3/h4-10H,11H2,1-3H3,(H,21,22)/b20-13+. The number of halogens is 1. The monoisotopic (exact) mass is 346 g/mol. The second-order valence-electron chi connectivity index (χ2n) is 5.16. The Balaban J connectivity index is 1.91. The van der Waals surface area contributed by atoms with E-state index in [0.717, 1.165) is 16.9 Å². The molecular weight excluding hydrogens is 328 g/mol. The summed E-state index contributed by atoms with van der Waals surface area (Å²) in [6, 6.07) is 12.7. The van der Waals surface area contributed by atoms with Crippen LogP contribution in [0.25, 0.3) is 0 Å². The highest BCUT2D eigenvalue weighted by molar-refractivity contribution is 6.30. The molecule has 0 atom stereocenters. The van der Waals surface area contributed by atoms with Gasteiger partial charge in [-0.05, 0) is 49.7 Å². The van der Waals surface area contributed by atoms with Crippen LogP contribution >= 0.6 is 11.6 Å². The van der Waals surface area contributed by atoms with Crippen molar-refractivity contribution in [3.8, 4) is 11.5 Å². The first-order valence-corrected chi connectivity index (χ1v) is 7.74. The van der Waals surface area contributed by atoms with Crippen LogP contribution in [0.2, 0.25) is 5.02 Å². The van der Waals surface area contributed by atoms with Gasteiger partial charge in [-0.2, -0.15) is 5.10 Å². The predicted octanol–water partition coefficient (Wildman–Crippen LogP) is 3.58. The lowest BCUT2D eigenvalue weighted by molar-refractivity contribution is -0.123. The molecule has 0 aliphatic carbocycles. The van der Waals surface area contributed by atoms with Gasteiger partial charge in [-0.3, -0.25) is 4.79 Å². The van der Waals surface area contributed by atoms with Crippen LogP contribution < -0.4 is 14.9 Å². The van der Waals surface area contributed by atoms with E-state index in [0.29, 0.717) is 16.5 Å². The molecule has 1 amide bonds. The van der Waals surface area contributed by atoms with E-state index in [9.17, 15) is 4.79 Å². The highest BCUT2D eigenvalue weighted by Crippen LogP contribution is 2.21. The smallest absolute Gasteiger partial charge is 0.277 e. The lowest BCUT2D eigenvalue weighted by atomic mass is 10.1. The van der Waals surface area contributed by atoms with Crippen molar-refractivity contribution in [3.05, 3.63) is 58.6 Å². The van der Waals surface area contributed by atoms with E-state index >= 15 is 0 Å². The SMILES string of the molecule is COc1cccc(/C(C)=N/NC(=O)COc2ccc(Cl)cc2C)c1. The van der Waals surface area contributed by atoms with Gasteiger partial charge in [0, 0.05) is 10.6 Å². The molecule has 0 fully saturated rings. The molecule has 0 aliphatic rings. The predicted molar refractivity (Wildman–Crippen MR) is 95.0 cm³/mol. The molecule has 0 bridgehead atoms. The summed E-state index contributed by atoms with van der Waals surface area (Å²) in [5.74, 6) is 1.00. The maximum atomic E-state index is 11.9. The first-order valence-electron chi connectivity index (χ1n) is 7.36. The van der Waals surface area contributed by atoms with Gasteiger partial charge < -0.3 is 9.47 Å². The third-order valence-electron chi connectivity index (χ3n) is 3.33. The number of methoxy groups -OCH3 is 1. The molecule has 2 aromatic carbocycles. The summed E-state index contributed by atoms with van der Waals surface area (Å²) in [6.45, 7) is 3.54. The highest BCUT2D eigenvalue weighted by Gasteiger charge is 2.06. The minimum atomic E-state index is -0.341. The summed E-state index contributed by atoms with van der Waals surface area (Å²) in [6.07, 6.45) is 0. The van der Waals surface area contributed by atoms with Crippen LogP contribution in [-0.4, -0.2) is 25.3 Å². The minimum Gasteiger partial charge on any atom is -0.497 e. The molecule has 5 nitrogen and oxygen atoms in total. The number of aryl methyl sites for hydroxylation is 1. The average Bonchev–Trinajstić information content (AvgIpc) is 2.59. The van der Waals surface area contributed by atoms with Crippen LogP contribution in [0.1, 0.15) is 18.1 Å². The molecule has 24 heavy (non-hydrogen) atoms. The summed E-state index contributed by atoms with van der Waals surface area (Å²) in [4.78, 5) is 11.9. The van der Waals surface area contributed by atoms with Crippen molar-refractivity contribution in [1.82, 2.24) is 5.43 Å². The largest absolute Gasteiger partial charge is 0.497 e. The maximum absolute atomic E-state index is 11.9. The molecule has 0 unspecified atom stereocenters. The zero-order valence-corrected chi connectivity index (χ0v) is 14.6. The molecule has 2 aromatic rings. The number of carbonyl (C=O) groups is 1. The van der Waals surface area contributed by atoms with E-state index in [4.69, 9.17) is 21.1 Å². The first-order chi connectivity index (χ1) is 11.5. The van der Waals surface area contributed by atoms with Crippen molar-refractivity contribution in [2.24, 2.45) is 5.10 Å². The molecule has 0 radical (unpaired) electrons. The van der Waals surface area contributed by atoms with E-state index in [1.807, 2.05) is 31.2 Å². The average molecular weight is 347 g/mol. The number of rotatable bonds is 6. The Bertz CT molecular complexity index is 760. The molecule has 0 saturated carbocycles. The number of benzene rings is 2. The quantitative estimate of drug-likeness (QED) is 0.642. The van der Waals surface area contributed by atoms with E-state index < -0.39 is 0 Å². The van der Waals surface area contributed by atoms with Crippen molar-refractivity contribution < 1.29 is 14.3 Å². The number of carbonyl (C=O) groups excluding carboxylic acids is 1. The maximum Gasteiger partial charge on any atom is 0.277 e. The number of hydrazone groups is 1. The lowest BCUT2D eigenvalue weighted by Crippen LogP contribution is -2.25. The van der Waals surface area contributed by atoms with E-state index in [1.54, 1.807) is 32.2 Å². The van der Waals surface area contributed by atoms with E-state index in [2.05, 4.69) is 10.5 Å². The minimum absolute atomic E-state index is 0.128. The van der Waals surface area contributed by atoms with Crippen LogP contribution in [0, 0.1) is 6.92 Å². The zero-order chi connectivity index (χ0) is 17.5. The fourth-order valence-corrected chi connectivity index (χ4v) is 2.24. The number of ether oxygens (including phenoxy) is 2. The van der Waals surface area contributed by atoms with Gasteiger partial charge in [-0.25, -0.2) is 5.43 Å². The van der Waals surface area contributed by atoms with Gasteiger partial charge in [0.05, 0.1) is 12.8 Å². The normalized spacial score (nSPS) is 11.1. The second kappa shape index (κ2) is 8.36. The Labute approximate surface area is 146 Å². The lowest BCUT2D eigenvalue weighted by Gasteiger charge is -2.09. The summed E-state index contributed by atoms with van der Waals surface area (Å²) < 4.78 is 10.6. The Hall–Kier alpha value is -2.53. The molecule has 0 heterocycles. The van der Waals surface area contributed by atoms with Crippen molar-refractivity contribution in [2.45, 2.75) is 13.8 Å². The molecule has 6 heteroatoms. The third-order valence-corrected chi connectivity index (χ3v) is 3.57. The van der Waals surface area contributed by atoms with Gasteiger partial charge in [-0.15, -0.1) is 0 Å². The van der Waals surface area contributed by atoms with Gasteiger partial charge in [0.2, 0.25) is 0 Å². The Morgan fingerprint density at radius 3 is 2.75 bits per heavy atom. The van der Waals surface area contributed by atoms with Crippen molar-refractivity contribution >= 4 is 23.2 Å². The van der Waals surface area contributed by atoms with E-state index in [1.165, 1.54) is 0 Å². The van der Waals surface area contributed by atoms with Crippen molar-refractivity contribution in [1.29, 1.82) is 0 Å². The van der Waals surface area contributed by atoms with E-state index in [-0.39, 0.29) is 12.5 Å². The Kier molecular flexibility index (Phi) is 6.21. The number of amides is 1. The number of hydrogen-bond donors (Lipinski definition) is 1. The van der Waals surface area contributed by atoms with Crippen molar-refractivity contribution in [3.63, 3.8) is 0 Å². The molecule has 0 saturated heterocycles. The molecule has 2 rings (SSSR count). The molecule has 1 N–H and O–H groups in total. The topological polar surface area (TPSA) is 59.9 Å². The summed E-state index contributed by atoms with van der Waals surface area (Å²) in [7, 11) is 1.60. The van der Waals surface area contributed by atoms with Gasteiger partial charge in [0.1, 0.15) is 11.5 Å². The molecule has 0 spiro atoms. The molecular formula is C18H19ClN2O3. The zero-order valence-electron chi connectivity index (χ0n) is 13.8. The van der Waals surface area contributed by atoms with Gasteiger partial charge >= 0.3 is 0 Å². The fraction of sp³-hybridized carbons (Fsp3) is 0.222. The Morgan fingerprint density at radius 1 is 1.25 bits per heavy atom. The van der Waals surface area contributed by atoms with Crippen LogP contribution in [0.4, 0.5) is 0 Å². The molecule has 126 valence electrons. The first kappa shape index (κ1) is 17.8. The summed E-state index contributed by atoms with van der Waals surface area (Å²) >= 11 is 5.88. The number of hydrogen-bond acceptors (Lipinski definition) is 4. The molecule has 0 aromatic heterocycles. The van der Waals surface area contributed by atoms with Crippen LogP contribution in [0.3, 0.4) is 0 Å². The van der Waals surface area contributed by atoms with Crippen LogP contribution in [-0.2, 0) is 4.79 Å². The van der Waals surface area contributed by atoms with Gasteiger partial charge in [-0.1, -0.05) is 23.7 Å². The summed E-state index contributed by atoms with van der Waals surface area (Å²) in [5.41, 5.74) is 4.88. The number of nitrogens with one attached hydrogen (secondary N) is 1. The molecule has 0 aliphatic heterocycles. The highest BCUT2D eigenvalue weighted by atomic mass is 35.5. The van der Waals surface area contributed by atoms with Crippen LogP contribution in [0.15, 0.2) is 47.6 Å². The second-order valence-corrected chi connectivity index (χ2v) is 5.60. The van der Waals surface area contributed by atoms with Gasteiger partial charge in [0.15, 0.2) is 6.61 Å². The van der Waals surface area contributed by atoms with Crippen LogP contribution in [0.5, 0.6) is 11.5 Å². The van der Waals surface area contributed by atoms with Crippen molar-refractivity contribution in [2.75, 3.05) is 13.7 Å². The Morgan fingerprint density at radius 2 is 2.04 bits per heavy atom. The third kappa shape index (κ3) is 4.99. The summed E-state index contributed by atoms with van der Waals surface area (Å²) in [5, 5.41) is 4.71. The van der Waals surface area contributed by atoms with Gasteiger partial charge in [0.25, 0.3) is 5.91 Å². The number of nitrogens with zero attached hydrogens (tertiary/aromatic N) is 1. The fourth-order valence-electron chi connectivity index (χ4n) is 2.01.